The maximum Gasteiger partial charge on any atom is 0.164 e. The number of fused-ring (bicyclic) bond motifs is 6. The number of benzene rings is 7. The van der Waals surface area contributed by atoms with Crippen molar-refractivity contribution in [2.24, 2.45) is 0 Å². The van der Waals surface area contributed by atoms with Gasteiger partial charge in [-0.25, -0.2) is 19.9 Å². The van der Waals surface area contributed by atoms with E-state index in [0.29, 0.717) is 17.5 Å². The molecule has 0 unspecified atom stereocenters. The van der Waals surface area contributed by atoms with Gasteiger partial charge >= 0.3 is 0 Å². The first-order valence-electron chi connectivity index (χ1n) is 16.3. The fraction of sp³-hybridized carbons (Fsp3) is 0. The number of hydrogen-bond donors (Lipinski definition) is 0. The highest BCUT2D eigenvalue weighted by molar-refractivity contribution is 6.16. The summed E-state index contributed by atoms with van der Waals surface area (Å²) in [5.41, 5.74) is 7.87. The largest absolute Gasteiger partial charge is 0.454 e. The van der Waals surface area contributed by atoms with Crippen molar-refractivity contribution in [3.8, 4) is 45.3 Å². The molecule has 0 saturated carbocycles. The van der Waals surface area contributed by atoms with E-state index in [2.05, 4.69) is 109 Å². The first-order chi connectivity index (χ1) is 24.2. The summed E-state index contributed by atoms with van der Waals surface area (Å²) < 4.78 is 6.76. The Kier molecular flexibility index (Phi) is 6.11. The third-order valence-electron chi connectivity index (χ3n) is 9.27. The van der Waals surface area contributed by atoms with E-state index in [0.717, 1.165) is 71.6 Å². The molecule has 0 aliphatic carbocycles. The van der Waals surface area contributed by atoms with Crippen molar-refractivity contribution >= 4 is 54.5 Å². The van der Waals surface area contributed by atoms with Crippen molar-refractivity contribution in [2.45, 2.75) is 0 Å². The molecule has 0 aliphatic rings. The summed E-state index contributed by atoms with van der Waals surface area (Å²) in [6, 6.07) is 54.1. The van der Waals surface area contributed by atoms with Crippen molar-refractivity contribution in [2.75, 3.05) is 0 Å². The average Bonchev–Trinajstić information content (AvgIpc) is 3.54. The van der Waals surface area contributed by atoms with Gasteiger partial charge in [-0.3, -0.25) is 0 Å². The second-order valence-corrected chi connectivity index (χ2v) is 12.3. The van der Waals surface area contributed by atoms with Crippen LogP contribution < -0.4 is 0 Å². The highest BCUT2D eigenvalue weighted by atomic mass is 16.3. The van der Waals surface area contributed by atoms with Crippen molar-refractivity contribution in [3.63, 3.8) is 0 Å². The quantitative estimate of drug-likeness (QED) is 0.194. The molecule has 0 saturated heterocycles. The maximum absolute atomic E-state index is 6.76. The number of nitrogens with zero attached hydrogens (tertiary/aromatic N) is 4. The average molecular weight is 627 g/mol. The van der Waals surface area contributed by atoms with E-state index in [9.17, 15) is 0 Å². The zero-order chi connectivity index (χ0) is 32.3. The Labute approximate surface area is 281 Å². The van der Waals surface area contributed by atoms with Crippen LogP contribution in [0.4, 0.5) is 0 Å². The van der Waals surface area contributed by atoms with Crippen molar-refractivity contribution in [1.29, 1.82) is 0 Å². The molecule has 5 heteroatoms. The van der Waals surface area contributed by atoms with Crippen LogP contribution in [0.3, 0.4) is 0 Å². The summed E-state index contributed by atoms with van der Waals surface area (Å²) in [7, 11) is 0. The summed E-state index contributed by atoms with van der Waals surface area (Å²) in [6.07, 6.45) is 0. The lowest BCUT2D eigenvalue weighted by Gasteiger charge is -2.11. The Morgan fingerprint density at radius 2 is 0.939 bits per heavy atom. The first kappa shape index (κ1) is 27.4. The minimum Gasteiger partial charge on any atom is -0.454 e. The van der Waals surface area contributed by atoms with Crippen LogP contribution in [-0.2, 0) is 0 Å². The van der Waals surface area contributed by atoms with Crippen LogP contribution >= 0.6 is 0 Å². The molecule has 5 nitrogen and oxygen atoms in total. The third kappa shape index (κ3) is 4.63. The molecule has 10 aromatic rings. The van der Waals surface area contributed by atoms with Gasteiger partial charge in [-0.15, -0.1) is 0 Å². The molecule has 49 heavy (non-hydrogen) atoms. The van der Waals surface area contributed by atoms with Crippen LogP contribution in [0.2, 0.25) is 0 Å². The monoisotopic (exact) mass is 626 g/mol. The number of aromatic nitrogens is 4. The molecule has 0 bridgehead atoms. The smallest absolute Gasteiger partial charge is 0.164 e. The van der Waals surface area contributed by atoms with E-state index < -0.39 is 0 Å². The summed E-state index contributed by atoms with van der Waals surface area (Å²) in [5, 5.41) is 6.55. The molecule has 0 atom stereocenters. The molecular formula is C44H26N4O. The summed E-state index contributed by atoms with van der Waals surface area (Å²) in [4.78, 5) is 20.4. The minimum absolute atomic E-state index is 0.560. The second kappa shape index (κ2) is 10.9. The highest BCUT2D eigenvalue weighted by Crippen LogP contribution is 2.42. The Balaban J connectivity index is 1.27. The van der Waals surface area contributed by atoms with Gasteiger partial charge in [-0.1, -0.05) is 121 Å². The Bertz CT molecular complexity index is 2890. The van der Waals surface area contributed by atoms with Gasteiger partial charge in [-0.05, 0) is 63.5 Å². The van der Waals surface area contributed by atoms with Gasteiger partial charge in [0.15, 0.2) is 23.1 Å². The van der Waals surface area contributed by atoms with Gasteiger partial charge in [0, 0.05) is 27.6 Å². The summed E-state index contributed by atoms with van der Waals surface area (Å²) in [5.74, 6) is 1.77. The summed E-state index contributed by atoms with van der Waals surface area (Å²) in [6.45, 7) is 0. The van der Waals surface area contributed by atoms with Crippen LogP contribution in [0, 0.1) is 0 Å². The van der Waals surface area contributed by atoms with E-state index in [-0.39, 0.29) is 0 Å². The van der Waals surface area contributed by atoms with Crippen molar-refractivity contribution < 1.29 is 4.42 Å². The number of hydrogen-bond acceptors (Lipinski definition) is 5. The third-order valence-corrected chi connectivity index (χ3v) is 9.27. The molecule has 7 aromatic carbocycles. The number of pyridine rings is 1. The fourth-order valence-corrected chi connectivity index (χ4v) is 6.83. The van der Waals surface area contributed by atoms with E-state index in [1.54, 1.807) is 0 Å². The Morgan fingerprint density at radius 3 is 1.69 bits per heavy atom. The Hall–Kier alpha value is -6.72. The van der Waals surface area contributed by atoms with Crippen LogP contribution in [0.15, 0.2) is 162 Å². The molecule has 3 aromatic heterocycles. The summed E-state index contributed by atoms with van der Waals surface area (Å²) >= 11 is 0. The topological polar surface area (TPSA) is 64.7 Å². The fourth-order valence-electron chi connectivity index (χ4n) is 6.83. The van der Waals surface area contributed by atoms with E-state index in [1.165, 1.54) is 10.8 Å². The van der Waals surface area contributed by atoms with Gasteiger partial charge in [0.2, 0.25) is 0 Å². The lowest BCUT2D eigenvalue weighted by atomic mass is 9.97. The SMILES string of the molecule is c1ccc(-c2nc(-c3ccc4ccccc4c3)nc(-c3ccc(-c4ccc5ccccc5c4)c4oc5cc6ccccc6nc5c34)n2)cc1. The molecular weight excluding hydrogens is 601 g/mol. The van der Waals surface area contributed by atoms with Crippen LogP contribution in [0.5, 0.6) is 0 Å². The molecule has 0 amide bonds. The molecule has 0 N–H and O–H groups in total. The van der Waals surface area contributed by atoms with Gasteiger partial charge < -0.3 is 4.42 Å². The van der Waals surface area contributed by atoms with E-state index in [4.69, 9.17) is 24.4 Å². The second-order valence-electron chi connectivity index (χ2n) is 12.3. The Morgan fingerprint density at radius 1 is 0.367 bits per heavy atom. The number of furan rings is 1. The molecule has 10 rings (SSSR count). The van der Waals surface area contributed by atoms with Gasteiger partial charge in [0.1, 0.15) is 11.1 Å². The van der Waals surface area contributed by atoms with Crippen molar-refractivity contribution in [3.05, 3.63) is 158 Å². The molecule has 0 radical (unpaired) electrons. The molecule has 3 heterocycles. The van der Waals surface area contributed by atoms with Crippen molar-refractivity contribution in [1.82, 2.24) is 19.9 Å². The molecule has 0 spiro atoms. The van der Waals surface area contributed by atoms with Crippen LogP contribution in [0.1, 0.15) is 0 Å². The highest BCUT2D eigenvalue weighted by Gasteiger charge is 2.22. The standard InChI is InChI=1S/C44H26N4O/c1-2-12-29(13-3-1)42-46-43(34-21-19-28-11-5-7-15-31(28)25-34)48-44(47-42)36-23-22-35(32-20-18-27-10-4-6-14-30(27)24-32)41-39(36)40-38(49-41)26-33-16-8-9-17-37(33)45-40/h1-26H. The minimum atomic E-state index is 0.560. The molecule has 0 fully saturated rings. The van der Waals surface area contributed by atoms with Crippen LogP contribution in [0.25, 0.3) is 99.8 Å². The van der Waals surface area contributed by atoms with Gasteiger partial charge in [0.25, 0.3) is 0 Å². The van der Waals surface area contributed by atoms with E-state index in [1.807, 2.05) is 48.5 Å². The van der Waals surface area contributed by atoms with Crippen LogP contribution in [-0.4, -0.2) is 19.9 Å². The van der Waals surface area contributed by atoms with E-state index >= 15 is 0 Å². The lowest BCUT2D eigenvalue weighted by molar-refractivity contribution is 0.670. The van der Waals surface area contributed by atoms with Gasteiger partial charge in [0.05, 0.1) is 10.9 Å². The zero-order valence-electron chi connectivity index (χ0n) is 26.2. The normalized spacial score (nSPS) is 11.7. The maximum atomic E-state index is 6.76. The number of rotatable bonds is 4. The first-order valence-corrected chi connectivity index (χ1v) is 16.3. The predicted octanol–water partition coefficient (Wildman–Crippen LogP) is 11.3. The zero-order valence-corrected chi connectivity index (χ0v) is 26.2. The predicted molar refractivity (Wildman–Crippen MR) is 199 cm³/mol. The van der Waals surface area contributed by atoms with Gasteiger partial charge in [-0.2, -0.15) is 0 Å². The molecule has 0 aliphatic heterocycles. The lowest BCUT2D eigenvalue weighted by Crippen LogP contribution is -2.00. The molecule has 228 valence electrons. The number of para-hydroxylation sites is 1.